The van der Waals surface area contributed by atoms with Crippen LogP contribution in [-0.4, -0.2) is 35.2 Å². The highest BCUT2D eigenvalue weighted by atomic mass is 16.6. The molecule has 0 aliphatic heterocycles. The van der Waals surface area contributed by atoms with Crippen LogP contribution >= 0.6 is 0 Å². The van der Waals surface area contributed by atoms with Gasteiger partial charge in [-0.05, 0) is 64.3 Å². The number of aromatic nitrogens is 1. The first-order valence-electron chi connectivity index (χ1n) is 8.76. The summed E-state index contributed by atoms with van der Waals surface area (Å²) in [7, 11) is 0. The molecule has 0 aliphatic carbocycles. The zero-order valence-corrected chi connectivity index (χ0v) is 16.6. The van der Waals surface area contributed by atoms with Gasteiger partial charge >= 0.3 is 5.97 Å². The third-order valence-electron chi connectivity index (χ3n) is 4.61. The number of ketones is 2. The van der Waals surface area contributed by atoms with Crippen LogP contribution in [0.2, 0.25) is 0 Å². The van der Waals surface area contributed by atoms with Gasteiger partial charge in [0.1, 0.15) is 5.75 Å². The van der Waals surface area contributed by atoms with Crippen LogP contribution in [0.5, 0.6) is 5.75 Å². The molecule has 1 aromatic heterocycles. The van der Waals surface area contributed by atoms with Crippen molar-refractivity contribution in [1.82, 2.24) is 4.98 Å². The van der Waals surface area contributed by atoms with Crippen molar-refractivity contribution in [2.45, 2.75) is 47.6 Å². The minimum absolute atomic E-state index is 0.119. The lowest BCUT2D eigenvalue weighted by atomic mass is 10.0. The van der Waals surface area contributed by atoms with Crippen LogP contribution in [0.3, 0.4) is 0 Å². The Morgan fingerprint density at radius 3 is 2.33 bits per heavy atom. The molecule has 0 bridgehead atoms. The molecule has 6 nitrogen and oxygen atoms in total. The molecule has 0 saturated heterocycles. The highest BCUT2D eigenvalue weighted by Crippen LogP contribution is 2.22. The van der Waals surface area contributed by atoms with Crippen molar-refractivity contribution in [3.05, 3.63) is 51.8 Å². The van der Waals surface area contributed by atoms with Crippen LogP contribution in [0.15, 0.2) is 18.2 Å². The van der Waals surface area contributed by atoms with Crippen molar-refractivity contribution >= 4 is 17.5 Å². The van der Waals surface area contributed by atoms with Crippen LogP contribution in [0.4, 0.5) is 0 Å². The quantitative estimate of drug-likeness (QED) is 0.593. The zero-order chi connectivity index (χ0) is 20.3. The van der Waals surface area contributed by atoms with Gasteiger partial charge < -0.3 is 14.5 Å². The van der Waals surface area contributed by atoms with E-state index in [1.807, 2.05) is 26.0 Å². The van der Waals surface area contributed by atoms with Gasteiger partial charge in [-0.15, -0.1) is 0 Å². The fourth-order valence-corrected chi connectivity index (χ4v) is 3.03. The van der Waals surface area contributed by atoms with Gasteiger partial charge in [-0.3, -0.25) is 9.59 Å². The van der Waals surface area contributed by atoms with Crippen LogP contribution in [0, 0.1) is 27.7 Å². The summed E-state index contributed by atoms with van der Waals surface area (Å²) in [6.45, 7) is 9.96. The Kier molecular flexibility index (Phi) is 6.20. The molecule has 1 N–H and O–H groups in total. The summed E-state index contributed by atoms with van der Waals surface area (Å²) in [5, 5.41) is 0. The molecule has 1 aromatic carbocycles. The van der Waals surface area contributed by atoms with Crippen molar-refractivity contribution < 1.29 is 23.9 Å². The van der Waals surface area contributed by atoms with Gasteiger partial charge in [0, 0.05) is 11.3 Å². The lowest BCUT2D eigenvalue weighted by Gasteiger charge is -2.14. The maximum atomic E-state index is 12.6. The van der Waals surface area contributed by atoms with E-state index in [9.17, 15) is 14.4 Å². The van der Waals surface area contributed by atoms with E-state index in [-0.39, 0.29) is 23.9 Å². The van der Waals surface area contributed by atoms with Crippen molar-refractivity contribution in [3.63, 3.8) is 0 Å². The number of aryl methyl sites for hydroxylation is 2. The molecule has 2 aromatic rings. The molecule has 1 heterocycles. The Balaban J connectivity index is 2.02. The third kappa shape index (κ3) is 4.45. The first-order valence-corrected chi connectivity index (χ1v) is 8.76. The summed E-state index contributed by atoms with van der Waals surface area (Å²) in [6.07, 6.45) is -0.990. The van der Waals surface area contributed by atoms with Crippen LogP contribution < -0.4 is 4.74 Å². The standard InChI is InChI=1S/C21H25NO5/c1-11-8-7-9-17(12(11)2)26-10-18(24)27-16(6)21(25)20-13(3)19(15(5)23)14(4)22-20/h7-9,16,22H,10H2,1-6H3/t16-/m1/s1. The average molecular weight is 371 g/mol. The minimum Gasteiger partial charge on any atom is -0.482 e. The second-order valence-electron chi connectivity index (χ2n) is 6.66. The first-order chi connectivity index (χ1) is 12.6. The van der Waals surface area contributed by atoms with Gasteiger partial charge in [0.25, 0.3) is 0 Å². The van der Waals surface area contributed by atoms with Crippen molar-refractivity contribution in [3.8, 4) is 5.75 Å². The minimum atomic E-state index is -0.990. The van der Waals surface area contributed by atoms with Crippen LogP contribution in [0.25, 0.3) is 0 Å². The number of benzene rings is 1. The molecular formula is C21H25NO5. The third-order valence-corrected chi connectivity index (χ3v) is 4.61. The molecule has 0 fully saturated rings. The predicted octanol–water partition coefficient (Wildman–Crippen LogP) is 3.64. The maximum absolute atomic E-state index is 12.6. The van der Waals surface area contributed by atoms with E-state index in [4.69, 9.17) is 9.47 Å². The summed E-state index contributed by atoms with van der Waals surface area (Å²) in [5.41, 5.74) is 3.98. The van der Waals surface area contributed by atoms with E-state index in [0.717, 1.165) is 11.1 Å². The first kappa shape index (κ1) is 20.4. The Bertz CT molecular complexity index is 894. The van der Waals surface area contributed by atoms with Crippen molar-refractivity contribution in [2.24, 2.45) is 0 Å². The fraction of sp³-hybridized carbons (Fsp3) is 0.381. The number of H-pyrrole nitrogens is 1. The fourth-order valence-electron chi connectivity index (χ4n) is 3.03. The van der Waals surface area contributed by atoms with E-state index in [0.29, 0.717) is 22.6 Å². The number of rotatable bonds is 7. The van der Waals surface area contributed by atoms with Crippen molar-refractivity contribution in [2.75, 3.05) is 6.61 Å². The van der Waals surface area contributed by atoms with E-state index in [1.54, 1.807) is 19.9 Å². The lowest BCUT2D eigenvalue weighted by molar-refractivity contribution is -0.148. The molecular weight excluding hydrogens is 346 g/mol. The van der Waals surface area contributed by atoms with Gasteiger partial charge in [-0.2, -0.15) is 0 Å². The molecule has 6 heteroatoms. The Morgan fingerprint density at radius 1 is 1.07 bits per heavy atom. The maximum Gasteiger partial charge on any atom is 0.344 e. The normalized spacial score (nSPS) is 11.8. The number of carbonyl (C=O) groups is 3. The summed E-state index contributed by atoms with van der Waals surface area (Å²) < 4.78 is 10.7. The zero-order valence-electron chi connectivity index (χ0n) is 16.6. The van der Waals surface area contributed by atoms with Crippen molar-refractivity contribution in [1.29, 1.82) is 0 Å². The van der Waals surface area contributed by atoms with Gasteiger partial charge in [-0.25, -0.2) is 4.79 Å². The van der Waals surface area contributed by atoms with Crippen LogP contribution in [-0.2, 0) is 9.53 Å². The largest absolute Gasteiger partial charge is 0.482 e. The highest BCUT2D eigenvalue weighted by molar-refractivity contribution is 6.05. The van der Waals surface area contributed by atoms with E-state index >= 15 is 0 Å². The Morgan fingerprint density at radius 2 is 1.74 bits per heavy atom. The van der Waals surface area contributed by atoms with E-state index in [2.05, 4.69) is 4.98 Å². The molecule has 2 rings (SSSR count). The number of ether oxygens (including phenoxy) is 2. The number of hydrogen-bond donors (Lipinski definition) is 1. The van der Waals surface area contributed by atoms with Gasteiger partial charge in [0.05, 0.1) is 5.69 Å². The molecule has 0 saturated carbocycles. The monoisotopic (exact) mass is 371 g/mol. The molecule has 0 radical (unpaired) electrons. The lowest BCUT2D eigenvalue weighted by Crippen LogP contribution is -2.28. The molecule has 0 unspecified atom stereocenters. The number of Topliss-reactive ketones (excluding diaryl/α,β-unsaturated/α-hetero) is 2. The van der Waals surface area contributed by atoms with Gasteiger partial charge in [0.15, 0.2) is 18.5 Å². The number of aromatic amines is 1. The second-order valence-corrected chi connectivity index (χ2v) is 6.66. The van der Waals surface area contributed by atoms with E-state index in [1.165, 1.54) is 13.8 Å². The van der Waals surface area contributed by atoms with Gasteiger partial charge in [-0.1, -0.05) is 12.1 Å². The Hall–Kier alpha value is -2.89. The predicted molar refractivity (Wildman–Crippen MR) is 102 cm³/mol. The molecule has 27 heavy (non-hydrogen) atoms. The highest BCUT2D eigenvalue weighted by Gasteiger charge is 2.26. The number of carbonyl (C=O) groups excluding carboxylic acids is 3. The molecule has 1 atom stereocenters. The SMILES string of the molecule is CC(=O)c1c(C)[nH]c(C(=O)[C@@H](C)OC(=O)COc2cccc(C)c2C)c1C. The van der Waals surface area contributed by atoms with Gasteiger partial charge in [0.2, 0.25) is 5.78 Å². The summed E-state index contributed by atoms with van der Waals surface area (Å²) in [4.78, 5) is 39.3. The Labute approximate surface area is 158 Å². The molecule has 0 spiro atoms. The molecule has 0 amide bonds. The van der Waals surface area contributed by atoms with Crippen LogP contribution in [0.1, 0.15) is 57.1 Å². The summed E-state index contributed by atoms with van der Waals surface area (Å²) in [5.74, 6) is -0.535. The summed E-state index contributed by atoms with van der Waals surface area (Å²) in [6, 6.07) is 5.58. The number of esters is 1. The average Bonchev–Trinajstić information content (AvgIpc) is 2.89. The number of hydrogen-bond acceptors (Lipinski definition) is 5. The van der Waals surface area contributed by atoms with E-state index < -0.39 is 12.1 Å². The topological polar surface area (TPSA) is 85.5 Å². The number of nitrogens with one attached hydrogen (secondary N) is 1. The molecule has 0 aliphatic rings. The molecule has 144 valence electrons. The summed E-state index contributed by atoms with van der Waals surface area (Å²) >= 11 is 0. The smallest absolute Gasteiger partial charge is 0.344 e. The second kappa shape index (κ2) is 8.20.